The van der Waals surface area contributed by atoms with Crippen molar-refractivity contribution in [3.8, 4) is 50.7 Å². The minimum atomic E-state index is 0.714. The maximum absolute atomic E-state index is 5.11. The van der Waals surface area contributed by atoms with E-state index < -0.39 is 0 Å². The molecule has 0 N–H and O–H groups in total. The first-order valence-electron chi connectivity index (χ1n) is 16.8. The minimum absolute atomic E-state index is 0.714. The Morgan fingerprint density at radius 2 is 0.980 bits per heavy atom. The highest BCUT2D eigenvalue weighted by Crippen LogP contribution is 2.46. The largest absolute Gasteiger partial charge is 0.309 e. The lowest BCUT2D eigenvalue weighted by Crippen LogP contribution is -1.96. The molecular weight excluding hydrogens is 627 g/mol. The normalized spacial score (nSPS) is 11.6. The van der Waals surface area contributed by atoms with Gasteiger partial charge in [-0.05, 0) is 47.5 Å². The summed E-state index contributed by atoms with van der Waals surface area (Å²) in [5.74, 6) is 0.714. The molecule has 10 rings (SSSR count). The van der Waals surface area contributed by atoms with E-state index in [2.05, 4.69) is 168 Å². The number of hydrogen-bond acceptors (Lipinski definition) is 3. The molecule has 0 saturated carbocycles. The van der Waals surface area contributed by atoms with Crippen molar-refractivity contribution in [1.29, 1.82) is 0 Å². The van der Waals surface area contributed by atoms with Crippen molar-refractivity contribution in [2.75, 3.05) is 0 Å². The van der Waals surface area contributed by atoms with Gasteiger partial charge in [-0.3, -0.25) is 0 Å². The van der Waals surface area contributed by atoms with Gasteiger partial charge >= 0.3 is 0 Å². The van der Waals surface area contributed by atoms with Crippen molar-refractivity contribution >= 4 is 53.3 Å². The summed E-state index contributed by atoms with van der Waals surface area (Å²) in [5, 5.41) is 5.15. The zero-order valence-electron chi connectivity index (χ0n) is 27.0. The molecule has 0 bridgehead atoms. The summed E-state index contributed by atoms with van der Waals surface area (Å²) in [7, 11) is 0. The molecule has 3 nitrogen and oxygen atoms in total. The molecular formula is C46H29N3S. The highest BCUT2D eigenvalue weighted by atomic mass is 32.1. The summed E-state index contributed by atoms with van der Waals surface area (Å²) >= 11 is 1.89. The van der Waals surface area contributed by atoms with Crippen molar-refractivity contribution in [2.45, 2.75) is 0 Å². The van der Waals surface area contributed by atoms with Crippen LogP contribution in [0.15, 0.2) is 176 Å². The summed E-state index contributed by atoms with van der Waals surface area (Å²) < 4.78 is 5.00. The van der Waals surface area contributed by atoms with Crippen LogP contribution in [0.4, 0.5) is 0 Å². The molecule has 0 unspecified atom stereocenters. The summed E-state index contributed by atoms with van der Waals surface area (Å²) in [4.78, 5) is 10.2. The molecule has 50 heavy (non-hydrogen) atoms. The molecule has 0 radical (unpaired) electrons. The second kappa shape index (κ2) is 11.7. The van der Waals surface area contributed by atoms with E-state index in [0.29, 0.717) is 5.82 Å². The third-order valence-electron chi connectivity index (χ3n) is 9.61. The first-order valence-corrected chi connectivity index (χ1v) is 17.7. The Balaban J connectivity index is 1.16. The van der Waals surface area contributed by atoms with Gasteiger partial charge in [0.05, 0.1) is 22.4 Å². The van der Waals surface area contributed by atoms with Gasteiger partial charge in [0.1, 0.15) is 0 Å². The highest BCUT2D eigenvalue weighted by Gasteiger charge is 2.19. The van der Waals surface area contributed by atoms with E-state index in [0.717, 1.165) is 33.6 Å². The van der Waals surface area contributed by atoms with Gasteiger partial charge in [0.15, 0.2) is 5.82 Å². The summed E-state index contributed by atoms with van der Waals surface area (Å²) in [6, 6.07) is 62.3. The first kappa shape index (κ1) is 28.6. The van der Waals surface area contributed by atoms with Gasteiger partial charge in [-0.15, -0.1) is 11.3 Å². The molecule has 0 saturated heterocycles. The lowest BCUT2D eigenvalue weighted by Gasteiger charge is -2.11. The Hall–Kier alpha value is -6.36. The molecule has 0 spiro atoms. The van der Waals surface area contributed by atoms with Gasteiger partial charge in [-0.25, -0.2) is 9.97 Å². The molecule has 0 atom stereocenters. The second-order valence-corrected chi connectivity index (χ2v) is 13.6. The maximum atomic E-state index is 5.11. The van der Waals surface area contributed by atoms with Crippen LogP contribution in [0.5, 0.6) is 0 Å². The van der Waals surface area contributed by atoms with E-state index in [9.17, 15) is 0 Å². The van der Waals surface area contributed by atoms with Gasteiger partial charge in [0, 0.05) is 53.3 Å². The van der Waals surface area contributed by atoms with Crippen LogP contribution < -0.4 is 0 Å². The molecule has 0 aliphatic rings. The van der Waals surface area contributed by atoms with E-state index >= 15 is 0 Å². The van der Waals surface area contributed by atoms with Crippen LogP contribution in [0.3, 0.4) is 0 Å². The van der Waals surface area contributed by atoms with E-state index in [1.165, 1.54) is 53.2 Å². The van der Waals surface area contributed by atoms with Crippen molar-refractivity contribution in [3.63, 3.8) is 0 Å². The molecule has 10 aromatic rings. The Kier molecular flexibility index (Phi) is 6.68. The molecule has 7 aromatic carbocycles. The van der Waals surface area contributed by atoms with Gasteiger partial charge in [0.25, 0.3) is 0 Å². The zero-order chi connectivity index (χ0) is 33.0. The second-order valence-electron chi connectivity index (χ2n) is 12.6. The zero-order valence-corrected chi connectivity index (χ0v) is 27.8. The fraction of sp³-hybridized carbons (Fsp3) is 0. The summed E-state index contributed by atoms with van der Waals surface area (Å²) in [6.07, 6.45) is 0. The van der Waals surface area contributed by atoms with Gasteiger partial charge in [-0.2, -0.15) is 0 Å². The van der Waals surface area contributed by atoms with E-state index in [1.807, 2.05) is 23.5 Å². The standard InChI is InChI=1S/C46H29N3S/c1-4-14-30(15-5-1)39-29-40(31-16-6-2-7-17-31)48-46(47-39)33-19-12-18-32(28-33)35-23-13-24-36-37-26-27-42-43(45(37)50-44(35)36)38-22-10-11-25-41(38)49(42)34-20-8-3-9-21-34/h1-29H. The number of fused-ring (bicyclic) bond motifs is 7. The van der Waals surface area contributed by atoms with Crippen LogP contribution in [0.1, 0.15) is 0 Å². The predicted molar refractivity (Wildman–Crippen MR) is 211 cm³/mol. The monoisotopic (exact) mass is 655 g/mol. The van der Waals surface area contributed by atoms with Crippen LogP contribution in [-0.4, -0.2) is 14.5 Å². The third-order valence-corrected chi connectivity index (χ3v) is 10.9. The average molecular weight is 656 g/mol. The molecule has 0 fully saturated rings. The smallest absolute Gasteiger partial charge is 0.160 e. The van der Waals surface area contributed by atoms with Gasteiger partial charge in [0.2, 0.25) is 0 Å². The number of para-hydroxylation sites is 2. The number of thiophene rings is 1. The Labute approximate surface area is 293 Å². The fourth-order valence-corrected chi connectivity index (χ4v) is 8.70. The van der Waals surface area contributed by atoms with E-state index in [4.69, 9.17) is 9.97 Å². The fourth-order valence-electron chi connectivity index (χ4n) is 7.31. The van der Waals surface area contributed by atoms with Crippen molar-refractivity contribution in [2.24, 2.45) is 0 Å². The molecule has 0 amide bonds. The highest BCUT2D eigenvalue weighted by molar-refractivity contribution is 7.27. The average Bonchev–Trinajstić information content (AvgIpc) is 3.75. The number of nitrogens with zero attached hydrogens (tertiary/aromatic N) is 3. The Bertz CT molecular complexity index is 2800. The lowest BCUT2D eigenvalue weighted by molar-refractivity contribution is 1.18. The minimum Gasteiger partial charge on any atom is -0.309 e. The molecule has 0 aliphatic carbocycles. The predicted octanol–water partition coefficient (Wildman–Crippen LogP) is 12.6. The molecule has 234 valence electrons. The van der Waals surface area contributed by atoms with Gasteiger partial charge in [-0.1, -0.05) is 140 Å². The van der Waals surface area contributed by atoms with E-state index in [-0.39, 0.29) is 0 Å². The molecule has 3 aromatic heterocycles. The van der Waals surface area contributed by atoms with E-state index in [1.54, 1.807) is 0 Å². The molecule has 4 heteroatoms. The number of hydrogen-bond donors (Lipinski definition) is 0. The number of rotatable bonds is 5. The van der Waals surface area contributed by atoms with Crippen LogP contribution in [0.25, 0.3) is 92.7 Å². The summed E-state index contributed by atoms with van der Waals surface area (Å²) in [5.41, 5.74) is 10.9. The first-order chi connectivity index (χ1) is 24.8. The van der Waals surface area contributed by atoms with Crippen LogP contribution in [0.2, 0.25) is 0 Å². The number of benzene rings is 7. The topological polar surface area (TPSA) is 30.7 Å². The third kappa shape index (κ3) is 4.65. The van der Waals surface area contributed by atoms with Crippen molar-refractivity contribution in [3.05, 3.63) is 176 Å². The number of aromatic nitrogens is 3. The maximum Gasteiger partial charge on any atom is 0.160 e. The quantitative estimate of drug-likeness (QED) is 0.185. The Morgan fingerprint density at radius 3 is 1.72 bits per heavy atom. The van der Waals surface area contributed by atoms with Crippen LogP contribution >= 0.6 is 11.3 Å². The summed E-state index contributed by atoms with van der Waals surface area (Å²) in [6.45, 7) is 0. The molecule has 3 heterocycles. The molecule has 0 aliphatic heterocycles. The van der Waals surface area contributed by atoms with Gasteiger partial charge < -0.3 is 4.57 Å². The van der Waals surface area contributed by atoms with Crippen LogP contribution in [0, 0.1) is 0 Å². The Morgan fingerprint density at radius 1 is 0.400 bits per heavy atom. The van der Waals surface area contributed by atoms with Crippen molar-refractivity contribution in [1.82, 2.24) is 14.5 Å². The lowest BCUT2D eigenvalue weighted by atomic mass is 10.00. The SMILES string of the molecule is c1ccc(-c2cc(-c3ccccc3)nc(-c3cccc(-c4cccc5c4sc4c5ccc5c4c4ccccc4n5-c4ccccc4)c3)n2)cc1. The van der Waals surface area contributed by atoms with Crippen molar-refractivity contribution < 1.29 is 0 Å². The van der Waals surface area contributed by atoms with Crippen LogP contribution in [-0.2, 0) is 0 Å².